The van der Waals surface area contributed by atoms with Gasteiger partial charge in [-0.15, -0.1) is 0 Å². The van der Waals surface area contributed by atoms with E-state index in [9.17, 15) is 25.0 Å². The average molecular weight is 311 g/mol. The molecule has 0 saturated heterocycles. The highest BCUT2D eigenvalue weighted by Gasteiger charge is 2.19. The van der Waals surface area contributed by atoms with Crippen molar-refractivity contribution in [3.63, 3.8) is 0 Å². The van der Waals surface area contributed by atoms with Crippen LogP contribution in [0.4, 0.5) is 17.1 Å². The number of primary amides is 1. The van der Waals surface area contributed by atoms with Gasteiger partial charge in [0.25, 0.3) is 11.4 Å². The lowest BCUT2D eigenvalue weighted by molar-refractivity contribution is -0.393. The summed E-state index contributed by atoms with van der Waals surface area (Å²) in [5.74, 6) is -0.570. The first-order valence-corrected chi connectivity index (χ1v) is 6.54. The van der Waals surface area contributed by atoms with Crippen molar-refractivity contribution in [2.45, 2.75) is 25.3 Å². The maximum absolute atomic E-state index is 10.9. The van der Waals surface area contributed by atoms with Crippen LogP contribution in [0.1, 0.15) is 19.3 Å². The van der Waals surface area contributed by atoms with Crippen LogP contribution in [0, 0.1) is 20.2 Å². The minimum atomic E-state index is -0.700. The first-order chi connectivity index (χ1) is 10.3. The third kappa shape index (κ3) is 4.98. The summed E-state index contributed by atoms with van der Waals surface area (Å²) >= 11 is 0. The van der Waals surface area contributed by atoms with Crippen LogP contribution in [0.15, 0.2) is 18.2 Å². The fourth-order valence-corrected chi connectivity index (χ4v) is 1.79. The Kier molecular flexibility index (Phi) is 6.20. The number of anilines is 1. The van der Waals surface area contributed by atoms with Crippen LogP contribution in [-0.2, 0) is 4.79 Å². The number of carbonyl (C=O) groups excluding carboxylic acids is 1. The fourth-order valence-electron chi connectivity index (χ4n) is 1.79. The third-order valence-corrected chi connectivity index (χ3v) is 3.01. The molecule has 0 aliphatic heterocycles. The summed E-state index contributed by atoms with van der Waals surface area (Å²) in [7, 11) is 0. The number of nitro benzene ring substituents is 2. The van der Waals surface area contributed by atoms with Gasteiger partial charge in [0.1, 0.15) is 5.69 Å². The number of benzene rings is 1. The number of nitrogens with two attached hydrogens (primary N) is 2. The number of hydrogen-bond acceptors (Lipinski definition) is 7. The summed E-state index contributed by atoms with van der Waals surface area (Å²) in [6.45, 7) is 0.407. The van der Waals surface area contributed by atoms with Crippen molar-refractivity contribution in [3.8, 4) is 0 Å². The molecular weight excluding hydrogens is 294 g/mol. The lowest BCUT2D eigenvalue weighted by Gasteiger charge is -2.09. The minimum absolute atomic E-state index is 0.204. The zero-order valence-corrected chi connectivity index (χ0v) is 11.7. The van der Waals surface area contributed by atoms with Crippen LogP contribution in [0.2, 0.25) is 0 Å². The summed E-state index contributed by atoms with van der Waals surface area (Å²) in [6.07, 6.45) is 1.67. The molecule has 0 radical (unpaired) electrons. The Morgan fingerprint density at radius 3 is 2.45 bits per heavy atom. The molecule has 22 heavy (non-hydrogen) atoms. The molecule has 0 spiro atoms. The maximum atomic E-state index is 10.9. The van der Waals surface area contributed by atoms with E-state index in [1.54, 1.807) is 0 Å². The van der Waals surface area contributed by atoms with Crippen LogP contribution < -0.4 is 16.8 Å². The lowest BCUT2D eigenvalue weighted by atomic mass is 10.1. The number of amides is 1. The SMILES string of the molecule is NC(=O)C(N)CCCCNc1ccc([N+](=O)[O-])cc1[N+](=O)[O-]. The van der Waals surface area contributed by atoms with Gasteiger partial charge in [-0.1, -0.05) is 0 Å². The van der Waals surface area contributed by atoms with Crippen molar-refractivity contribution in [2.24, 2.45) is 11.5 Å². The number of non-ortho nitro benzene ring substituents is 1. The van der Waals surface area contributed by atoms with Gasteiger partial charge in [0, 0.05) is 12.6 Å². The Labute approximate surface area is 125 Å². The topological polar surface area (TPSA) is 167 Å². The molecule has 0 bridgehead atoms. The van der Waals surface area contributed by atoms with Crippen molar-refractivity contribution < 1.29 is 14.6 Å². The molecule has 10 heteroatoms. The molecule has 1 aromatic rings. The molecule has 1 rings (SSSR count). The van der Waals surface area contributed by atoms with E-state index in [4.69, 9.17) is 11.5 Å². The van der Waals surface area contributed by atoms with Gasteiger partial charge in [-0.05, 0) is 25.3 Å². The normalized spacial score (nSPS) is 11.7. The lowest BCUT2D eigenvalue weighted by Crippen LogP contribution is -2.36. The number of unbranched alkanes of at least 4 members (excludes halogenated alkanes) is 1. The van der Waals surface area contributed by atoms with Crippen LogP contribution in [0.3, 0.4) is 0 Å². The quantitative estimate of drug-likeness (QED) is 0.345. The molecule has 120 valence electrons. The first kappa shape index (κ1) is 17.3. The van der Waals surface area contributed by atoms with Crippen LogP contribution in [0.25, 0.3) is 0 Å². The van der Waals surface area contributed by atoms with Crippen molar-refractivity contribution >= 4 is 23.0 Å². The Bertz CT molecular complexity index is 577. The number of carbonyl (C=O) groups is 1. The Balaban J connectivity index is 2.57. The van der Waals surface area contributed by atoms with Gasteiger partial charge < -0.3 is 16.8 Å². The monoisotopic (exact) mass is 311 g/mol. The molecule has 0 aromatic heterocycles. The van der Waals surface area contributed by atoms with E-state index in [0.717, 1.165) is 6.07 Å². The molecule has 1 aromatic carbocycles. The number of rotatable bonds is 9. The van der Waals surface area contributed by atoms with Crippen LogP contribution in [0.5, 0.6) is 0 Å². The van der Waals surface area contributed by atoms with E-state index >= 15 is 0 Å². The second-order valence-corrected chi connectivity index (χ2v) is 4.65. The predicted octanol–water partition coefficient (Wildman–Crippen LogP) is 0.898. The van der Waals surface area contributed by atoms with E-state index in [-0.39, 0.29) is 17.1 Å². The summed E-state index contributed by atoms with van der Waals surface area (Å²) in [5.41, 5.74) is 10.00. The summed E-state index contributed by atoms with van der Waals surface area (Å²) in [6, 6.07) is 2.70. The Hall–Kier alpha value is -2.75. The molecule has 1 unspecified atom stereocenters. The Morgan fingerprint density at radius 2 is 1.91 bits per heavy atom. The van der Waals surface area contributed by atoms with Crippen LogP contribution in [-0.4, -0.2) is 28.3 Å². The van der Waals surface area contributed by atoms with Crippen molar-refractivity contribution in [3.05, 3.63) is 38.4 Å². The minimum Gasteiger partial charge on any atom is -0.379 e. The molecule has 0 aliphatic carbocycles. The van der Waals surface area contributed by atoms with Gasteiger partial charge in [0.05, 0.1) is 22.0 Å². The van der Waals surface area contributed by atoms with Crippen molar-refractivity contribution in [2.75, 3.05) is 11.9 Å². The standard InChI is InChI=1S/C12H17N5O5/c13-9(12(14)18)3-1-2-6-15-10-5-4-8(16(19)20)7-11(10)17(21)22/h4-5,7,9,15H,1-3,6,13H2,(H2,14,18). The molecule has 0 heterocycles. The number of nitrogens with one attached hydrogen (secondary N) is 1. The average Bonchev–Trinajstić information content (AvgIpc) is 2.46. The zero-order chi connectivity index (χ0) is 16.7. The van der Waals surface area contributed by atoms with Gasteiger partial charge in [-0.2, -0.15) is 0 Å². The highest BCUT2D eigenvalue weighted by Crippen LogP contribution is 2.28. The highest BCUT2D eigenvalue weighted by atomic mass is 16.6. The molecule has 0 aliphatic rings. The maximum Gasteiger partial charge on any atom is 0.299 e. The van der Waals surface area contributed by atoms with Crippen LogP contribution >= 0.6 is 0 Å². The van der Waals surface area contributed by atoms with Gasteiger partial charge in [-0.3, -0.25) is 25.0 Å². The summed E-state index contributed by atoms with van der Waals surface area (Å²) in [4.78, 5) is 30.9. The molecule has 5 N–H and O–H groups in total. The molecule has 0 saturated carbocycles. The zero-order valence-electron chi connectivity index (χ0n) is 11.7. The molecule has 10 nitrogen and oxygen atoms in total. The van der Waals surface area contributed by atoms with E-state index in [0.29, 0.717) is 25.8 Å². The van der Waals surface area contributed by atoms with E-state index < -0.39 is 21.8 Å². The van der Waals surface area contributed by atoms with Crippen molar-refractivity contribution in [1.29, 1.82) is 0 Å². The van der Waals surface area contributed by atoms with Crippen molar-refractivity contribution in [1.82, 2.24) is 0 Å². The van der Waals surface area contributed by atoms with Gasteiger partial charge in [0.2, 0.25) is 5.91 Å². The van der Waals surface area contributed by atoms with E-state index in [1.807, 2.05) is 0 Å². The van der Waals surface area contributed by atoms with E-state index in [1.165, 1.54) is 12.1 Å². The smallest absolute Gasteiger partial charge is 0.299 e. The molecule has 0 fully saturated rings. The number of nitrogens with zero attached hydrogens (tertiary/aromatic N) is 2. The number of nitro groups is 2. The van der Waals surface area contributed by atoms with Gasteiger partial charge >= 0.3 is 0 Å². The predicted molar refractivity (Wildman–Crippen MR) is 79.3 cm³/mol. The van der Waals surface area contributed by atoms with E-state index in [2.05, 4.69) is 5.32 Å². The second-order valence-electron chi connectivity index (χ2n) is 4.65. The molecule has 1 atom stereocenters. The molecular formula is C12H17N5O5. The van der Waals surface area contributed by atoms with Gasteiger partial charge in [-0.25, -0.2) is 0 Å². The Morgan fingerprint density at radius 1 is 1.23 bits per heavy atom. The summed E-state index contributed by atoms with van der Waals surface area (Å²) in [5, 5.41) is 24.4. The summed E-state index contributed by atoms with van der Waals surface area (Å²) < 4.78 is 0. The highest BCUT2D eigenvalue weighted by molar-refractivity contribution is 5.79. The fraction of sp³-hybridized carbons (Fsp3) is 0.417. The molecule has 1 amide bonds. The third-order valence-electron chi connectivity index (χ3n) is 3.01. The first-order valence-electron chi connectivity index (χ1n) is 6.54. The van der Waals surface area contributed by atoms with Gasteiger partial charge in [0.15, 0.2) is 0 Å². The second kappa shape index (κ2) is 7.88. The largest absolute Gasteiger partial charge is 0.379 e. The number of hydrogen-bond donors (Lipinski definition) is 3.